The average Bonchev–Trinajstić information content (AvgIpc) is 3.36. The highest BCUT2D eigenvalue weighted by atomic mass is 16.5. The number of nitrogens with one attached hydrogen (secondary N) is 3. The number of ketones is 1. The third-order valence-corrected chi connectivity index (χ3v) is 6.11. The molecule has 3 aromatic rings. The molecule has 0 atom stereocenters. The number of aromatic amines is 1. The molecule has 170 valence electrons. The average molecular weight is 447 g/mol. The Balaban J connectivity index is 1.45. The third-order valence-electron chi connectivity index (χ3n) is 6.11. The van der Waals surface area contributed by atoms with Crippen LogP contribution < -0.4 is 15.4 Å². The number of allylic oxidation sites excluding steroid dienone is 1. The van der Waals surface area contributed by atoms with Crippen LogP contribution in [0.2, 0.25) is 0 Å². The van der Waals surface area contributed by atoms with Crippen LogP contribution in [-0.4, -0.2) is 52.9 Å². The van der Waals surface area contributed by atoms with Crippen molar-refractivity contribution < 1.29 is 19.4 Å². The largest absolute Gasteiger partial charge is 0.507 e. The molecule has 1 amide bonds. The Kier molecular flexibility index (Phi) is 5.62. The summed E-state index contributed by atoms with van der Waals surface area (Å²) in [6, 6.07) is 9.08. The highest BCUT2D eigenvalue weighted by Gasteiger charge is 2.32. The van der Waals surface area contributed by atoms with Crippen LogP contribution in [0.25, 0.3) is 17.0 Å². The normalized spacial score (nSPS) is 17.4. The van der Waals surface area contributed by atoms with Gasteiger partial charge in [0.25, 0.3) is 0 Å². The Morgan fingerprint density at radius 2 is 2.06 bits per heavy atom. The van der Waals surface area contributed by atoms with Crippen molar-refractivity contribution in [3.05, 3.63) is 64.5 Å². The minimum Gasteiger partial charge on any atom is -0.507 e. The van der Waals surface area contributed by atoms with Crippen molar-refractivity contribution in [2.45, 2.75) is 20.0 Å². The Morgan fingerprint density at radius 1 is 1.24 bits per heavy atom. The summed E-state index contributed by atoms with van der Waals surface area (Å²) in [5.74, 6) is 0.516. The van der Waals surface area contributed by atoms with Crippen molar-refractivity contribution in [3.8, 4) is 11.5 Å². The van der Waals surface area contributed by atoms with E-state index in [1.54, 1.807) is 18.2 Å². The summed E-state index contributed by atoms with van der Waals surface area (Å²) in [6.07, 6.45) is 3.56. The van der Waals surface area contributed by atoms with E-state index in [2.05, 4.69) is 20.5 Å². The topological polar surface area (TPSA) is 107 Å². The van der Waals surface area contributed by atoms with Crippen LogP contribution >= 0.6 is 0 Å². The molecule has 1 aromatic heterocycles. The first kappa shape index (κ1) is 21.2. The number of hydrogen-bond acceptors (Lipinski definition) is 6. The fraction of sp³-hybridized carbons (Fsp3) is 0.280. The fourth-order valence-corrected chi connectivity index (χ4v) is 4.33. The molecular formula is C25H26N4O4. The third kappa shape index (κ3) is 4.22. The van der Waals surface area contributed by atoms with Gasteiger partial charge in [-0.05, 0) is 35.9 Å². The molecular weight excluding hydrogens is 420 g/mol. The van der Waals surface area contributed by atoms with Gasteiger partial charge in [0.2, 0.25) is 11.7 Å². The van der Waals surface area contributed by atoms with Gasteiger partial charge < -0.3 is 25.5 Å². The number of phenolic OH excluding ortho intramolecular Hbond substituents is 1. The first-order chi connectivity index (χ1) is 16.0. The molecule has 8 heteroatoms. The van der Waals surface area contributed by atoms with E-state index in [1.165, 1.54) is 6.92 Å². The van der Waals surface area contributed by atoms with Crippen LogP contribution in [0.5, 0.6) is 11.5 Å². The predicted molar refractivity (Wildman–Crippen MR) is 125 cm³/mol. The SMILES string of the molecule is CC(=O)NCc1ccc2[nH]cc(/C=C3\Oc4c(ccc(O)c4CN4CCNCC4)C3=O)c2c1. The minimum atomic E-state index is -0.199. The number of benzene rings is 2. The van der Waals surface area contributed by atoms with E-state index in [9.17, 15) is 14.7 Å². The van der Waals surface area contributed by atoms with Crippen molar-refractivity contribution in [3.63, 3.8) is 0 Å². The zero-order valence-corrected chi connectivity index (χ0v) is 18.4. The zero-order valence-electron chi connectivity index (χ0n) is 18.4. The van der Waals surface area contributed by atoms with Gasteiger partial charge in [0, 0.05) is 68.9 Å². The summed E-state index contributed by atoms with van der Waals surface area (Å²) in [5.41, 5.74) is 3.81. The molecule has 33 heavy (non-hydrogen) atoms. The summed E-state index contributed by atoms with van der Waals surface area (Å²) in [6.45, 7) is 5.97. The molecule has 4 N–H and O–H groups in total. The lowest BCUT2D eigenvalue weighted by atomic mass is 10.0. The molecule has 3 heterocycles. The Hall–Kier alpha value is -3.62. The van der Waals surface area contributed by atoms with Gasteiger partial charge in [-0.3, -0.25) is 14.5 Å². The smallest absolute Gasteiger partial charge is 0.231 e. The lowest BCUT2D eigenvalue weighted by Gasteiger charge is -2.27. The molecule has 0 saturated carbocycles. The lowest BCUT2D eigenvalue weighted by Crippen LogP contribution is -2.42. The first-order valence-electron chi connectivity index (χ1n) is 11.1. The van der Waals surface area contributed by atoms with E-state index < -0.39 is 0 Å². The number of aromatic nitrogens is 1. The summed E-state index contributed by atoms with van der Waals surface area (Å²) in [4.78, 5) is 29.8. The Labute approximate surface area is 191 Å². The fourth-order valence-electron chi connectivity index (χ4n) is 4.33. The second kappa shape index (κ2) is 8.73. The molecule has 2 aliphatic rings. The van der Waals surface area contributed by atoms with Crippen LogP contribution in [-0.2, 0) is 17.9 Å². The number of carbonyl (C=O) groups excluding carboxylic acids is 2. The molecule has 1 fully saturated rings. The molecule has 2 aromatic carbocycles. The van der Waals surface area contributed by atoms with Crippen molar-refractivity contribution in [2.75, 3.05) is 26.2 Å². The number of aromatic hydroxyl groups is 1. The van der Waals surface area contributed by atoms with Gasteiger partial charge in [-0.25, -0.2) is 0 Å². The monoisotopic (exact) mass is 446 g/mol. The summed E-state index contributed by atoms with van der Waals surface area (Å²) < 4.78 is 6.04. The molecule has 1 saturated heterocycles. The van der Waals surface area contributed by atoms with Gasteiger partial charge in [0.05, 0.1) is 11.1 Å². The van der Waals surface area contributed by atoms with Crippen molar-refractivity contribution in [1.29, 1.82) is 0 Å². The van der Waals surface area contributed by atoms with Gasteiger partial charge in [-0.1, -0.05) is 6.07 Å². The molecule has 0 bridgehead atoms. The maximum Gasteiger partial charge on any atom is 0.231 e. The predicted octanol–water partition coefficient (Wildman–Crippen LogP) is 2.53. The standard InChI is InChI=1S/C25H26N4O4/c1-15(30)27-12-16-2-4-21-19(10-16)17(13-28-21)11-23-24(32)18-3-5-22(31)20(25(18)33-23)14-29-8-6-26-7-9-29/h2-5,10-11,13,26,28,31H,6-9,12,14H2,1H3,(H,27,30)/b23-11-. The summed E-state index contributed by atoms with van der Waals surface area (Å²) in [5, 5.41) is 17.6. The van der Waals surface area contributed by atoms with Crippen LogP contribution in [0.3, 0.4) is 0 Å². The van der Waals surface area contributed by atoms with Crippen molar-refractivity contribution >= 4 is 28.7 Å². The number of Topliss-reactive ketones (excluding diaryl/α,β-unsaturated/α-hetero) is 1. The van der Waals surface area contributed by atoms with Gasteiger partial charge in [0.1, 0.15) is 11.5 Å². The maximum absolute atomic E-state index is 13.1. The second-order valence-electron chi connectivity index (χ2n) is 8.44. The Bertz CT molecular complexity index is 1270. The quantitative estimate of drug-likeness (QED) is 0.449. The number of rotatable bonds is 5. The Morgan fingerprint density at radius 3 is 2.85 bits per heavy atom. The molecule has 2 aliphatic heterocycles. The van der Waals surface area contributed by atoms with E-state index >= 15 is 0 Å². The number of phenols is 1. The first-order valence-corrected chi connectivity index (χ1v) is 11.1. The molecule has 8 nitrogen and oxygen atoms in total. The zero-order chi connectivity index (χ0) is 22.9. The number of fused-ring (bicyclic) bond motifs is 2. The maximum atomic E-state index is 13.1. The number of H-pyrrole nitrogens is 1. The second-order valence-corrected chi connectivity index (χ2v) is 8.44. The van der Waals surface area contributed by atoms with Crippen LogP contribution in [0.15, 0.2) is 42.3 Å². The molecule has 0 unspecified atom stereocenters. The number of amides is 1. The van der Waals surface area contributed by atoms with Gasteiger partial charge in [-0.15, -0.1) is 0 Å². The van der Waals surface area contributed by atoms with Crippen LogP contribution in [0, 0.1) is 0 Å². The molecule has 0 aliphatic carbocycles. The minimum absolute atomic E-state index is 0.0888. The molecule has 0 spiro atoms. The summed E-state index contributed by atoms with van der Waals surface area (Å²) >= 11 is 0. The number of nitrogens with zero attached hydrogens (tertiary/aromatic N) is 1. The van der Waals surface area contributed by atoms with E-state index in [1.807, 2.05) is 24.4 Å². The lowest BCUT2D eigenvalue weighted by molar-refractivity contribution is -0.119. The number of hydrogen-bond donors (Lipinski definition) is 4. The van der Waals surface area contributed by atoms with Gasteiger partial charge in [0.15, 0.2) is 5.76 Å². The molecule has 0 radical (unpaired) electrons. The van der Waals surface area contributed by atoms with E-state index in [4.69, 9.17) is 4.74 Å². The van der Waals surface area contributed by atoms with Gasteiger partial charge >= 0.3 is 0 Å². The van der Waals surface area contributed by atoms with E-state index in [-0.39, 0.29) is 23.2 Å². The van der Waals surface area contributed by atoms with Crippen molar-refractivity contribution in [2.24, 2.45) is 0 Å². The highest BCUT2D eigenvalue weighted by Crippen LogP contribution is 2.40. The van der Waals surface area contributed by atoms with E-state index in [0.717, 1.165) is 48.2 Å². The molecule has 5 rings (SSSR count). The summed E-state index contributed by atoms with van der Waals surface area (Å²) in [7, 11) is 0. The van der Waals surface area contributed by atoms with Crippen LogP contribution in [0.1, 0.15) is 34.0 Å². The highest BCUT2D eigenvalue weighted by molar-refractivity contribution is 6.15. The van der Waals surface area contributed by atoms with Crippen molar-refractivity contribution in [1.82, 2.24) is 20.5 Å². The van der Waals surface area contributed by atoms with E-state index in [0.29, 0.717) is 30.0 Å². The van der Waals surface area contributed by atoms with Crippen LogP contribution in [0.4, 0.5) is 0 Å². The number of piperazine rings is 1. The number of ether oxygens (including phenoxy) is 1. The van der Waals surface area contributed by atoms with Gasteiger partial charge in [-0.2, -0.15) is 0 Å². The number of carbonyl (C=O) groups is 2.